The highest BCUT2D eigenvalue weighted by molar-refractivity contribution is 5.76. The molecule has 1 heterocycles. The van der Waals surface area contributed by atoms with E-state index in [0.29, 0.717) is 11.3 Å². The molecular formula is C17H13F3N4O2. The third-order valence-corrected chi connectivity index (χ3v) is 3.60. The van der Waals surface area contributed by atoms with Crippen LogP contribution in [0.25, 0.3) is 11.3 Å². The van der Waals surface area contributed by atoms with Crippen LogP contribution in [-0.2, 0) is 6.18 Å². The lowest BCUT2D eigenvalue weighted by Gasteiger charge is -2.08. The average molecular weight is 362 g/mol. The van der Waals surface area contributed by atoms with Gasteiger partial charge in [-0.1, -0.05) is 24.3 Å². The van der Waals surface area contributed by atoms with E-state index in [9.17, 15) is 18.0 Å². The van der Waals surface area contributed by atoms with E-state index in [0.717, 1.165) is 6.07 Å². The van der Waals surface area contributed by atoms with Gasteiger partial charge in [-0.15, -0.1) is 10.2 Å². The van der Waals surface area contributed by atoms with E-state index in [4.69, 9.17) is 4.74 Å². The van der Waals surface area contributed by atoms with Crippen LogP contribution in [0.5, 0.6) is 5.75 Å². The second-order valence-corrected chi connectivity index (χ2v) is 5.22. The summed E-state index contributed by atoms with van der Waals surface area (Å²) < 4.78 is 44.4. The van der Waals surface area contributed by atoms with Gasteiger partial charge in [0, 0.05) is 5.56 Å². The van der Waals surface area contributed by atoms with Gasteiger partial charge in [-0.05, 0) is 24.3 Å². The van der Waals surface area contributed by atoms with Crippen LogP contribution in [0.2, 0.25) is 0 Å². The first kappa shape index (κ1) is 17.5. The molecule has 134 valence electrons. The second kappa shape index (κ2) is 6.87. The summed E-state index contributed by atoms with van der Waals surface area (Å²) in [5.41, 5.74) is -1.29. The molecule has 2 aromatic carbocycles. The topological polar surface area (TPSA) is 82.6 Å². The first-order valence-electron chi connectivity index (χ1n) is 7.44. The molecule has 2 N–H and O–H groups in total. The number of azo groups is 1. The van der Waals surface area contributed by atoms with E-state index >= 15 is 0 Å². The fourth-order valence-corrected chi connectivity index (χ4v) is 2.40. The van der Waals surface area contributed by atoms with E-state index in [1.54, 1.807) is 24.3 Å². The summed E-state index contributed by atoms with van der Waals surface area (Å²) >= 11 is 0. The highest BCUT2D eigenvalue weighted by Crippen LogP contribution is 2.37. The van der Waals surface area contributed by atoms with Gasteiger partial charge in [-0.3, -0.25) is 15.0 Å². The van der Waals surface area contributed by atoms with Gasteiger partial charge in [-0.2, -0.15) is 13.2 Å². The highest BCUT2D eigenvalue weighted by atomic mass is 19.4. The molecule has 0 unspecified atom stereocenters. The summed E-state index contributed by atoms with van der Waals surface area (Å²) in [6.07, 6.45) is -4.58. The predicted octanol–water partition coefficient (Wildman–Crippen LogP) is 4.81. The fraction of sp³-hybridized carbons (Fsp3) is 0.118. The SMILES string of the molecule is COc1ccccc1-c1[nH][nH]c(=O)c1N=Nc1ccccc1C(F)(F)F. The first-order valence-corrected chi connectivity index (χ1v) is 7.44. The second-order valence-electron chi connectivity index (χ2n) is 5.22. The van der Waals surface area contributed by atoms with Crippen LogP contribution in [0.15, 0.2) is 63.6 Å². The summed E-state index contributed by atoms with van der Waals surface area (Å²) in [6, 6.07) is 11.6. The summed E-state index contributed by atoms with van der Waals surface area (Å²) in [6.45, 7) is 0. The Balaban J connectivity index is 2.07. The molecule has 26 heavy (non-hydrogen) atoms. The number of aromatic nitrogens is 2. The Morgan fingerprint density at radius 2 is 1.65 bits per heavy atom. The van der Waals surface area contributed by atoms with Crippen LogP contribution in [-0.4, -0.2) is 17.3 Å². The van der Waals surface area contributed by atoms with Crippen molar-refractivity contribution < 1.29 is 17.9 Å². The maximum absolute atomic E-state index is 13.0. The van der Waals surface area contributed by atoms with Crippen LogP contribution < -0.4 is 10.3 Å². The van der Waals surface area contributed by atoms with Gasteiger partial charge in [0.25, 0.3) is 5.56 Å². The Morgan fingerprint density at radius 1 is 0.962 bits per heavy atom. The van der Waals surface area contributed by atoms with E-state index in [1.165, 1.54) is 25.3 Å². The summed E-state index contributed by atoms with van der Waals surface area (Å²) in [7, 11) is 1.46. The van der Waals surface area contributed by atoms with Crippen molar-refractivity contribution in [3.63, 3.8) is 0 Å². The molecule has 0 saturated heterocycles. The monoisotopic (exact) mass is 362 g/mol. The number of aromatic amines is 2. The number of para-hydroxylation sites is 1. The molecule has 0 aliphatic heterocycles. The third-order valence-electron chi connectivity index (χ3n) is 3.60. The number of rotatable bonds is 4. The number of methoxy groups -OCH3 is 1. The predicted molar refractivity (Wildman–Crippen MR) is 89.0 cm³/mol. The van der Waals surface area contributed by atoms with Crippen LogP contribution in [0.1, 0.15) is 5.56 Å². The molecule has 6 nitrogen and oxygen atoms in total. The standard InChI is InChI=1S/C17H13F3N4O2/c1-26-13-9-5-2-6-10(13)14-15(16(25)24-22-14)23-21-12-8-4-3-7-11(12)17(18,19)20/h2-9H,1H3,(H2,22,24,25). The number of halogens is 3. The molecule has 0 fully saturated rings. The molecule has 0 saturated carbocycles. The molecular weight excluding hydrogens is 349 g/mol. The summed E-state index contributed by atoms with van der Waals surface area (Å²) in [5.74, 6) is 0.467. The van der Waals surface area contributed by atoms with Crippen molar-refractivity contribution in [2.45, 2.75) is 6.18 Å². The number of ether oxygens (including phenoxy) is 1. The lowest BCUT2D eigenvalue weighted by molar-refractivity contribution is -0.137. The van der Waals surface area contributed by atoms with Gasteiger partial charge in [-0.25, -0.2) is 0 Å². The van der Waals surface area contributed by atoms with Crippen molar-refractivity contribution in [3.05, 3.63) is 64.4 Å². The molecule has 0 amide bonds. The number of benzene rings is 2. The smallest absolute Gasteiger partial charge is 0.418 e. The number of alkyl halides is 3. The number of hydrogen-bond donors (Lipinski definition) is 2. The summed E-state index contributed by atoms with van der Waals surface area (Å²) in [4.78, 5) is 12.0. The minimum Gasteiger partial charge on any atom is -0.496 e. The molecule has 0 aliphatic rings. The van der Waals surface area contributed by atoms with Crippen molar-refractivity contribution in [3.8, 4) is 17.0 Å². The molecule has 3 aromatic rings. The molecule has 0 spiro atoms. The first-order chi connectivity index (χ1) is 12.4. The third kappa shape index (κ3) is 3.37. The number of nitrogens with zero attached hydrogens (tertiary/aromatic N) is 2. The zero-order valence-electron chi connectivity index (χ0n) is 13.5. The fourth-order valence-electron chi connectivity index (χ4n) is 2.40. The van der Waals surface area contributed by atoms with Crippen molar-refractivity contribution in [1.29, 1.82) is 0 Å². The number of hydrogen-bond acceptors (Lipinski definition) is 4. The van der Waals surface area contributed by atoms with Crippen LogP contribution in [0.4, 0.5) is 24.5 Å². The quantitative estimate of drug-likeness (QED) is 0.653. The molecule has 1 aromatic heterocycles. The van der Waals surface area contributed by atoms with Gasteiger partial charge in [0.05, 0.1) is 24.1 Å². The van der Waals surface area contributed by atoms with Crippen molar-refractivity contribution in [2.24, 2.45) is 10.2 Å². The maximum Gasteiger partial charge on any atom is 0.418 e. The van der Waals surface area contributed by atoms with Crippen molar-refractivity contribution >= 4 is 11.4 Å². The van der Waals surface area contributed by atoms with E-state index in [1.807, 2.05) is 0 Å². The molecule has 0 bridgehead atoms. The van der Waals surface area contributed by atoms with Crippen LogP contribution >= 0.6 is 0 Å². The Labute approximate surface area is 145 Å². The van der Waals surface area contributed by atoms with Gasteiger partial charge >= 0.3 is 6.18 Å². The van der Waals surface area contributed by atoms with E-state index < -0.39 is 17.3 Å². The van der Waals surface area contributed by atoms with Crippen LogP contribution in [0.3, 0.4) is 0 Å². The van der Waals surface area contributed by atoms with Gasteiger partial charge in [0.1, 0.15) is 5.75 Å². The molecule has 0 aliphatic carbocycles. The highest BCUT2D eigenvalue weighted by Gasteiger charge is 2.33. The maximum atomic E-state index is 13.0. The number of nitrogens with one attached hydrogen (secondary N) is 2. The average Bonchev–Trinajstić information content (AvgIpc) is 2.99. The lowest BCUT2D eigenvalue weighted by Crippen LogP contribution is -2.04. The van der Waals surface area contributed by atoms with Gasteiger partial charge < -0.3 is 4.74 Å². The number of H-pyrrole nitrogens is 2. The Bertz CT molecular complexity index is 1010. The van der Waals surface area contributed by atoms with Crippen molar-refractivity contribution in [2.75, 3.05) is 7.11 Å². The Hall–Kier alpha value is -3.36. The molecule has 0 atom stereocenters. The zero-order chi connectivity index (χ0) is 18.7. The van der Waals surface area contributed by atoms with Crippen molar-refractivity contribution in [1.82, 2.24) is 10.2 Å². The molecule has 3 rings (SSSR count). The van der Waals surface area contributed by atoms with Gasteiger partial charge in [0.2, 0.25) is 0 Å². The lowest BCUT2D eigenvalue weighted by atomic mass is 10.1. The molecule has 9 heteroatoms. The van der Waals surface area contributed by atoms with E-state index in [-0.39, 0.29) is 17.1 Å². The zero-order valence-corrected chi connectivity index (χ0v) is 13.5. The van der Waals surface area contributed by atoms with E-state index in [2.05, 4.69) is 20.4 Å². The van der Waals surface area contributed by atoms with Crippen LogP contribution in [0, 0.1) is 0 Å². The normalized spacial score (nSPS) is 11.8. The largest absolute Gasteiger partial charge is 0.496 e. The molecule has 0 radical (unpaired) electrons. The Kier molecular flexibility index (Phi) is 4.61. The summed E-state index contributed by atoms with van der Waals surface area (Å²) in [5, 5.41) is 12.4. The minimum absolute atomic E-state index is 0.147. The minimum atomic E-state index is -4.58. The van der Waals surface area contributed by atoms with Gasteiger partial charge in [0.15, 0.2) is 5.69 Å². The Morgan fingerprint density at radius 3 is 2.38 bits per heavy atom.